The molecule has 1 saturated carbocycles. The summed E-state index contributed by atoms with van der Waals surface area (Å²) in [5.74, 6) is 1.98. The monoisotopic (exact) mass is 210 g/mol. The van der Waals surface area contributed by atoms with Gasteiger partial charge in [-0.1, -0.05) is 26.2 Å². The first kappa shape index (κ1) is 11.4. The van der Waals surface area contributed by atoms with Gasteiger partial charge in [0.05, 0.1) is 0 Å². The summed E-state index contributed by atoms with van der Waals surface area (Å²) in [6.45, 7) is 6.06. The fraction of sp³-hybridized carbons (Fsp3) is 1.00. The zero-order valence-corrected chi connectivity index (χ0v) is 10.1. The minimum Gasteiger partial charge on any atom is -0.326 e. The molecule has 1 aliphatic heterocycles. The molecule has 0 aromatic heterocycles. The van der Waals surface area contributed by atoms with Crippen LogP contribution in [0.25, 0.3) is 0 Å². The van der Waals surface area contributed by atoms with Crippen molar-refractivity contribution in [3.8, 4) is 0 Å². The molecule has 15 heavy (non-hydrogen) atoms. The summed E-state index contributed by atoms with van der Waals surface area (Å²) in [4.78, 5) is 2.59. The molecule has 88 valence electrons. The highest BCUT2D eigenvalue weighted by Crippen LogP contribution is 2.31. The molecule has 2 rings (SSSR count). The highest BCUT2D eigenvalue weighted by atomic mass is 15.2. The number of rotatable bonds is 3. The molecule has 1 heterocycles. The maximum Gasteiger partial charge on any atom is 0.0180 e. The third-order valence-corrected chi connectivity index (χ3v) is 4.29. The molecule has 2 fully saturated rings. The van der Waals surface area contributed by atoms with Gasteiger partial charge in [-0.15, -0.1) is 0 Å². The lowest BCUT2D eigenvalue weighted by Crippen LogP contribution is -2.32. The molecule has 2 aliphatic rings. The van der Waals surface area contributed by atoms with Gasteiger partial charge in [0.15, 0.2) is 0 Å². The SMILES string of the molecule is CCC1CCCC(CN2CCC(N)C2)C1. The van der Waals surface area contributed by atoms with Crippen LogP contribution in [-0.2, 0) is 0 Å². The lowest BCUT2D eigenvalue weighted by molar-refractivity contribution is 0.192. The molecule has 0 amide bonds. The van der Waals surface area contributed by atoms with Crippen LogP contribution in [0.2, 0.25) is 0 Å². The van der Waals surface area contributed by atoms with Crippen molar-refractivity contribution in [1.29, 1.82) is 0 Å². The fourth-order valence-electron chi connectivity index (χ4n) is 3.33. The van der Waals surface area contributed by atoms with Crippen LogP contribution in [0.3, 0.4) is 0 Å². The van der Waals surface area contributed by atoms with Crippen molar-refractivity contribution in [2.75, 3.05) is 19.6 Å². The minimum absolute atomic E-state index is 0.454. The molecular formula is C13H26N2. The van der Waals surface area contributed by atoms with Crippen LogP contribution in [0.15, 0.2) is 0 Å². The van der Waals surface area contributed by atoms with Gasteiger partial charge < -0.3 is 10.6 Å². The summed E-state index contributed by atoms with van der Waals surface area (Å²) in [6.07, 6.45) is 8.47. The predicted molar refractivity (Wildman–Crippen MR) is 64.8 cm³/mol. The molecular weight excluding hydrogens is 184 g/mol. The van der Waals surface area contributed by atoms with Gasteiger partial charge in [-0.05, 0) is 37.6 Å². The van der Waals surface area contributed by atoms with Crippen molar-refractivity contribution in [2.45, 2.75) is 51.5 Å². The van der Waals surface area contributed by atoms with E-state index in [-0.39, 0.29) is 0 Å². The number of nitrogens with zero attached hydrogens (tertiary/aromatic N) is 1. The van der Waals surface area contributed by atoms with Crippen molar-refractivity contribution in [2.24, 2.45) is 17.6 Å². The second-order valence-corrected chi connectivity index (χ2v) is 5.62. The van der Waals surface area contributed by atoms with Gasteiger partial charge in [0.2, 0.25) is 0 Å². The van der Waals surface area contributed by atoms with Gasteiger partial charge in [0.25, 0.3) is 0 Å². The summed E-state index contributed by atoms with van der Waals surface area (Å²) in [5.41, 5.74) is 5.94. The lowest BCUT2D eigenvalue weighted by atomic mass is 9.80. The van der Waals surface area contributed by atoms with E-state index in [0.29, 0.717) is 6.04 Å². The van der Waals surface area contributed by atoms with Gasteiger partial charge in [-0.3, -0.25) is 0 Å². The summed E-state index contributed by atoms with van der Waals surface area (Å²) < 4.78 is 0. The lowest BCUT2D eigenvalue weighted by Gasteiger charge is -2.31. The Morgan fingerprint density at radius 3 is 2.67 bits per heavy atom. The van der Waals surface area contributed by atoms with Crippen LogP contribution in [0.5, 0.6) is 0 Å². The second-order valence-electron chi connectivity index (χ2n) is 5.62. The Morgan fingerprint density at radius 2 is 2.00 bits per heavy atom. The highest BCUT2D eigenvalue weighted by Gasteiger charge is 2.25. The molecule has 0 radical (unpaired) electrons. The van der Waals surface area contributed by atoms with Crippen LogP contribution >= 0.6 is 0 Å². The third kappa shape index (κ3) is 3.18. The summed E-state index contributed by atoms with van der Waals surface area (Å²) in [7, 11) is 0. The molecule has 3 unspecified atom stereocenters. The van der Waals surface area contributed by atoms with Crippen molar-refractivity contribution >= 4 is 0 Å². The molecule has 0 bridgehead atoms. The van der Waals surface area contributed by atoms with Gasteiger partial charge in [-0.2, -0.15) is 0 Å². The third-order valence-electron chi connectivity index (χ3n) is 4.29. The average molecular weight is 210 g/mol. The standard InChI is InChI=1S/C13H26N2/c1-2-11-4-3-5-12(8-11)9-15-7-6-13(14)10-15/h11-13H,2-10,14H2,1H3. The smallest absolute Gasteiger partial charge is 0.0180 e. The van der Waals surface area contributed by atoms with Gasteiger partial charge in [-0.25, -0.2) is 0 Å². The topological polar surface area (TPSA) is 29.3 Å². The molecule has 1 aliphatic carbocycles. The van der Waals surface area contributed by atoms with Gasteiger partial charge in [0.1, 0.15) is 0 Å². The van der Waals surface area contributed by atoms with Crippen molar-refractivity contribution < 1.29 is 0 Å². The van der Waals surface area contributed by atoms with E-state index in [1.54, 1.807) is 0 Å². The van der Waals surface area contributed by atoms with Crippen LogP contribution in [0.1, 0.15) is 45.4 Å². The quantitative estimate of drug-likeness (QED) is 0.774. The molecule has 2 N–H and O–H groups in total. The maximum atomic E-state index is 5.94. The van der Waals surface area contributed by atoms with Crippen molar-refractivity contribution in [3.05, 3.63) is 0 Å². The normalized spacial score (nSPS) is 38.4. The van der Waals surface area contributed by atoms with Crippen molar-refractivity contribution in [1.82, 2.24) is 4.90 Å². The van der Waals surface area contributed by atoms with Crippen LogP contribution in [0, 0.1) is 11.8 Å². The number of nitrogens with two attached hydrogens (primary N) is 1. The van der Waals surface area contributed by atoms with Crippen LogP contribution < -0.4 is 5.73 Å². The van der Waals surface area contributed by atoms with E-state index < -0.39 is 0 Å². The fourth-order valence-corrected chi connectivity index (χ4v) is 3.33. The van der Waals surface area contributed by atoms with E-state index in [1.807, 2.05) is 0 Å². The van der Waals surface area contributed by atoms with E-state index in [1.165, 1.54) is 51.6 Å². The van der Waals surface area contributed by atoms with E-state index in [0.717, 1.165) is 18.4 Å². The molecule has 0 spiro atoms. The summed E-state index contributed by atoms with van der Waals surface area (Å²) in [5, 5.41) is 0. The molecule has 2 nitrogen and oxygen atoms in total. The Kier molecular flexibility index (Phi) is 4.04. The van der Waals surface area contributed by atoms with Gasteiger partial charge in [0, 0.05) is 19.1 Å². The Balaban J connectivity index is 1.74. The first-order valence-corrected chi connectivity index (χ1v) is 6.76. The largest absolute Gasteiger partial charge is 0.326 e. The average Bonchev–Trinajstić information content (AvgIpc) is 2.64. The zero-order valence-electron chi connectivity index (χ0n) is 10.1. The Labute approximate surface area is 94.2 Å². The van der Waals surface area contributed by atoms with Gasteiger partial charge >= 0.3 is 0 Å². The number of hydrogen-bond acceptors (Lipinski definition) is 2. The van der Waals surface area contributed by atoms with E-state index in [4.69, 9.17) is 5.73 Å². The minimum atomic E-state index is 0.454. The number of hydrogen-bond donors (Lipinski definition) is 1. The molecule has 0 aromatic carbocycles. The molecule has 3 atom stereocenters. The Hall–Kier alpha value is -0.0800. The summed E-state index contributed by atoms with van der Waals surface area (Å²) >= 11 is 0. The predicted octanol–water partition coefficient (Wildman–Crippen LogP) is 2.24. The molecule has 0 aromatic rings. The van der Waals surface area contributed by atoms with E-state index >= 15 is 0 Å². The Bertz CT molecular complexity index is 193. The first-order chi connectivity index (χ1) is 7.28. The van der Waals surface area contributed by atoms with Crippen LogP contribution in [0.4, 0.5) is 0 Å². The number of likely N-dealkylation sites (tertiary alicyclic amines) is 1. The Morgan fingerprint density at radius 1 is 1.20 bits per heavy atom. The van der Waals surface area contributed by atoms with E-state index in [9.17, 15) is 0 Å². The maximum absolute atomic E-state index is 5.94. The second kappa shape index (κ2) is 5.31. The van der Waals surface area contributed by atoms with Crippen molar-refractivity contribution in [3.63, 3.8) is 0 Å². The highest BCUT2D eigenvalue weighted by molar-refractivity contribution is 4.81. The molecule has 1 saturated heterocycles. The molecule has 2 heteroatoms. The first-order valence-electron chi connectivity index (χ1n) is 6.76. The summed E-state index contributed by atoms with van der Waals surface area (Å²) in [6, 6.07) is 0.454. The zero-order chi connectivity index (χ0) is 10.7. The van der Waals surface area contributed by atoms with Crippen LogP contribution in [-0.4, -0.2) is 30.6 Å². The van der Waals surface area contributed by atoms with E-state index in [2.05, 4.69) is 11.8 Å².